The molecular weight excluding hydrogens is 477 g/mol. The molecule has 0 fully saturated rings. The van der Waals surface area contributed by atoms with E-state index >= 15 is 0 Å². The fourth-order valence-electron chi connectivity index (χ4n) is 3.12. The number of hydrogen-bond donors (Lipinski definition) is 0. The SMILES string of the molecule is ClCCCc1ccc(N2c3ccc(Br)cc3Oc3cc(Br)ccc32)cc1. The van der Waals surface area contributed by atoms with Gasteiger partial charge in [-0.1, -0.05) is 44.0 Å². The molecule has 0 amide bonds. The minimum atomic E-state index is 0.690. The van der Waals surface area contributed by atoms with E-state index in [1.807, 2.05) is 24.3 Å². The number of benzene rings is 3. The molecule has 4 rings (SSSR count). The molecule has 1 aliphatic heterocycles. The van der Waals surface area contributed by atoms with Crippen molar-refractivity contribution in [3.63, 3.8) is 0 Å². The highest BCUT2D eigenvalue weighted by Gasteiger charge is 2.26. The Kier molecular flexibility index (Phi) is 5.25. The van der Waals surface area contributed by atoms with Crippen LogP contribution in [-0.4, -0.2) is 5.88 Å². The van der Waals surface area contributed by atoms with Crippen molar-refractivity contribution in [3.8, 4) is 11.5 Å². The number of nitrogens with zero attached hydrogens (tertiary/aromatic N) is 1. The summed E-state index contributed by atoms with van der Waals surface area (Å²) in [7, 11) is 0. The Morgan fingerprint density at radius 3 is 1.92 bits per heavy atom. The zero-order valence-corrected chi connectivity index (χ0v) is 17.8. The zero-order valence-electron chi connectivity index (χ0n) is 13.9. The van der Waals surface area contributed by atoms with Crippen LogP contribution in [0, 0.1) is 0 Å². The van der Waals surface area contributed by atoms with Gasteiger partial charge in [0.05, 0.1) is 11.4 Å². The second-order valence-electron chi connectivity index (χ2n) is 6.12. The highest BCUT2D eigenvalue weighted by molar-refractivity contribution is 9.10. The molecular formula is C21H16Br2ClNO. The van der Waals surface area contributed by atoms with Crippen LogP contribution in [0.25, 0.3) is 0 Å². The van der Waals surface area contributed by atoms with E-state index in [4.69, 9.17) is 16.3 Å². The molecule has 5 heteroatoms. The average molecular weight is 494 g/mol. The zero-order chi connectivity index (χ0) is 18.1. The smallest absolute Gasteiger partial charge is 0.152 e. The summed E-state index contributed by atoms with van der Waals surface area (Å²) in [6.07, 6.45) is 1.99. The Morgan fingerprint density at radius 1 is 0.808 bits per heavy atom. The summed E-state index contributed by atoms with van der Waals surface area (Å²) >= 11 is 12.9. The molecule has 3 aromatic carbocycles. The first-order valence-corrected chi connectivity index (χ1v) is 10.5. The minimum absolute atomic E-state index is 0.690. The quantitative estimate of drug-likeness (QED) is 0.267. The Bertz CT molecular complexity index is 892. The van der Waals surface area contributed by atoms with E-state index in [1.165, 1.54) is 5.56 Å². The largest absolute Gasteiger partial charge is 0.453 e. The molecule has 1 aliphatic rings. The summed E-state index contributed by atoms with van der Waals surface area (Å²) < 4.78 is 8.13. The number of halogens is 3. The van der Waals surface area contributed by atoms with Gasteiger partial charge in [-0.2, -0.15) is 0 Å². The van der Waals surface area contributed by atoms with Gasteiger partial charge in [-0.15, -0.1) is 11.6 Å². The van der Waals surface area contributed by atoms with Crippen LogP contribution in [0.1, 0.15) is 12.0 Å². The van der Waals surface area contributed by atoms with Gasteiger partial charge >= 0.3 is 0 Å². The first-order valence-electron chi connectivity index (χ1n) is 8.38. The van der Waals surface area contributed by atoms with Crippen molar-refractivity contribution >= 4 is 60.5 Å². The van der Waals surface area contributed by atoms with Gasteiger partial charge in [0, 0.05) is 20.5 Å². The fourth-order valence-corrected chi connectivity index (χ4v) is 3.93. The lowest BCUT2D eigenvalue weighted by atomic mass is 10.1. The molecule has 3 aromatic rings. The van der Waals surface area contributed by atoms with Crippen LogP contribution in [-0.2, 0) is 6.42 Å². The Balaban J connectivity index is 1.80. The maximum atomic E-state index is 6.15. The molecule has 0 unspecified atom stereocenters. The van der Waals surface area contributed by atoms with Crippen LogP contribution in [0.4, 0.5) is 17.1 Å². The number of aryl methyl sites for hydroxylation is 1. The normalized spacial score (nSPS) is 12.3. The standard InChI is InChI=1S/C21H16Br2ClNO/c22-15-5-9-18-20(12-15)26-21-13-16(23)6-10-19(21)25(18)17-7-3-14(4-8-17)2-1-11-24/h3-10,12-13H,1-2,11H2. The van der Waals surface area contributed by atoms with Crippen LogP contribution in [0.3, 0.4) is 0 Å². The monoisotopic (exact) mass is 491 g/mol. The van der Waals surface area contributed by atoms with Gasteiger partial charge in [-0.3, -0.25) is 0 Å². The van der Waals surface area contributed by atoms with Gasteiger partial charge in [0.15, 0.2) is 11.5 Å². The van der Waals surface area contributed by atoms with Gasteiger partial charge in [-0.05, 0) is 66.9 Å². The van der Waals surface area contributed by atoms with Gasteiger partial charge < -0.3 is 9.64 Å². The van der Waals surface area contributed by atoms with Crippen molar-refractivity contribution in [2.75, 3.05) is 10.8 Å². The molecule has 0 saturated heterocycles. The predicted octanol–water partition coefficient (Wildman–Crippen LogP) is 7.96. The molecule has 0 atom stereocenters. The summed E-state index contributed by atoms with van der Waals surface area (Å²) in [5.74, 6) is 2.35. The lowest BCUT2D eigenvalue weighted by Gasteiger charge is -2.33. The number of ether oxygens (including phenoxy) is 1. The number of hydrogen-bond acceptors (Lipinski definition) is 2. The van der Waals surface area contributed by atoms with Gasteiger partial charge in [0.1, 0.15) is 0 Å². The van der Waals surface area contributed by atoms with Gasteiger partial charge in [-0.25, -0.2) is 0 Å². The van der Waals surface area contributed by atoms with Crippen molar-refractivity contribution in [3.05, 3.63) is 75.2 Å². The molecule has 0 aromatic heterocycles. The number of fused-ring (bicyclic) bond motifs is 2. The Hall–Kier alpha value is -1.49. The third-order valence-electron chi connectivity index (χ3n) is 4.34. The van der Waals surface area contributed by atoms with E-state index in [1.54, 1.807) is 0 Å². The number of alkyl halides is 1. The van der Waals surface area contributed by atoms with E-state index in [9.17, 15) is 0 Å². The Morgan fingerprint density at radius 2 is 1.38 bits per heavy atom. The molecule has 0 saturated carbocycles. The van der Waals surface area contributed by atoms with Crippen molar-refractivity contribution in [2.45, 2.75) is 12.8 Å². The topological polar surface area (TPSA) is 12.5 Å². The van der Waals surface area contributed by atoms with Gasteiger partial charge in [0.2, 0.25) is 0 Å². The third kappa shape index (κ3) is 3.51. The van der Waals surface area contributed by atoms with E-state index in [2.05, 4.69) is 73.2 Å². The summed E-state index contributed by atoms with van der Waals surface area (Å²) in [5.41, 5.74) is 4.46. The van der Waals surface area contributed by atoms with Crippen molar-refractivity contribution in [2.24, 2.45) is 0 Å². The van der Waals surface area contributed by atoms with E-state index in [-0.39, 0.29) is 0 Å². The maximum absolute atomic E-state index is 6.15. The van der Waals surface area contributed by atoms with Crippen LogP contribution in [0.2, 0.25) is 0 Å². The van der Waals surface area contributed by atoms with Crippen LogP contribution in [0.15, 0.2) is 69.6 Å². The van der Waals surface area contributed by atoms with Gasteiger partial charge in [0.25, 0.3) is 0 Å². The van der Waals surface area contributed by atoms with E-state index < -0.39 is 0 Å². The first-order chi connectivity index (χ1) is 12.7. The molecule has 0 radical (unpaired) electrons. The van der Waals surface area contributed by atoms with Crippen LogP contribution in [0.5, 0.6) is 11.5 Å². The Labute approximate surface area is 175 Å². The average Bonchev–Trinajstić information content (AvgIpc) is 2.64. The predicted molar refractivity (Wildman–Crippen MR) is 116 cm³/mol. The molecule has 1 heterocycles. The lowest BCUT2D eigenvalue weighted by Crippen LogP contribution is -2.15. The summed E-state index contributed by atoms with van der Waals surface area (Å²) in [6.45, 7) is 0. The number of anilines is 3. The van der Waals surface area contributed by atoms with Crippen LogP contribution < -0.4 is 9.64 Å². The minimum Gasteiger partial charge on any atom is -0.453 e. The number of rotatable bonds is 4. The summed E-state index contributed by atoms with van der Waals surface area (Å²) in [5, 5.41) is 0. The van der Waals surface area contributed by atoms with Crippen molar-refractivity contribution in [1.29, 1.82) is 0 Å². The first kappa shape index (κ1) is 17.9. The molecule has 132 valence electrons. The second kappa shape index (κ2) is 7.63. The highest BCUT2D eigenvalue weighted by atomic mass is 79.9. The molecule has 0 aliphatic carbocycles. The van der Waals surface area contributed by atoms with E-state index in [0.717, 1.165) is 50.3 Å². The summed E-state index contributed by atoms with van der Waals surface area (Å²) in [6, 6.07) is 20.9. The highest BCUT2D eigenvalue weighted by Crippen LogP contribution is 2.51. The van der Waals surface area contributed by atoms with E-state index in [0.29, 0.717) is 5.88 Å². The molecule has 0 spiro atoms. The molecule has 0 N–H and O–H groups in total. The third-order valence-corrected chi connectivity index (χ3v) is 5.59. The second-order valence-corrected chi connectivity index (χ2v) is 8.33. The molecule has 0 bridgehead atoms. The molecule has 26 heavy (non-hydrogen) atoms. The van der Waals surface area contributed by atoms with Crippen molar-refractivity contribution < 1.29 is 4.74 Å². The lowest BCUT2D eigenvalue weighted by molar-refractivity contribution is 0.476. The van der Waals surface area contributed by atoms with Crippen LogP contribution >= 0.6 is 43.5 Å². The van der Waals surface area contributed by atoms with Crippen molar-refractivity contribution in [1.82, 2.24) is 0 Å². The summed E-state index contributed by atoms with van der Waals surface area (Å²) in [4.78, 5) is 2.23. The maximum Gasteiger partial charge on any atom is 0.152 e. The molecule has 2 nitrogen and oxygen atoms in total. The fraction of sp³-hybridized carbons (Fsp3) is 0.143.